The van der Waals surface area contributed by atoms with Crippen LogP contribution in [0.2, 0.25) is 13.1 Å². The van der Waals surface area contributed by atoms with Gasteiger partial charge in [0.2, 0.25) is 0 Å². The molecule has 0 spiro atoms. The molecule has 0 atom stereocenters. The lowest BCUT2D eigenvalue weighted by atomic mass is 9.53. The number of rotatable bonds is 10. The third-order valence-corrected chi connectivity index (χ3v) is 12.5. The Kier molecular flexibility index (Phi) is 7.39. The molecule has 5 heteroatoms. The fraction of sp³-hybridized carbons (Fsp3) is 0.741. The van der Waals surface area contributed by atoms with Crippen molar-refractivity contribution in [3.8, 4) is 0 Å². The molecule has 4 bridgehead atoms. The van der Waals surface area contributed by atoms with Gasteiger partial charge in [-0.2, -0.15) is 0 Å². The zero-order chi connectivity index (χ0) is 22.9. The minimum Gasteiger partial charge on any atom is -0.324 e. The quantitative estimate of drug-likeness (QED) is 0.357. The Bertz CT molecular complexity index is 738. The van der Waals surface area contributed by atoms with E-state index in [1.54, 1.807) is 5.23 Å². The van der Waals surface area contributed by atoms with Crippen LogP contribution in [-0.4, -0.2) is 61.6 Å². The predicted molar refractivity (Wildman–Crippen MR) is 143 cm³/mol. The molecule has 0 N–H and O–H groups in total. The topological polar surface area (TPSA) is 18.8 Å². The van der Waals surface area contributed by atoms with E-state index in [1.165, 1.54) is 43.7 Å². The third kappa shape index (κ3) is 4.54. The highest BCUT2D eigenvalue weighted by molar-refractivity contribution is 7.30. The van der Waals surface area contributed by atoms with Crippen molar-refractivity contribution in [2.24, 2.45) is 22.7 Å². The molecule has 0 saturated heterocycles. The minimum absolute atomic E-state index is 0.224. The molecule has 0 amide bonds. The molecule has 4 aliphatic rings. The van der Waals surface area contributed by atoms with Gasteiger partial charge in [0.25, 0.3) is 0 Å². The highest BCUT2D eigenvalue weighted by Crippen LogP contribution is 2.57. The molecule has 3 nitrogen and oxygen atoms in total. The number of benzene rings is 1. The molecule has 4 fully saturated rings. The van der Waals surface area contributed by atoms with Crippen molar-refractivity contribution in [1.29, 1.82) is 0 Å². The zero-order valence-electron chi connectivity index (χ0n) is 21.6. The van der Waals surface area contributed by atoms with Gasteiger partial charge >= 0.3 is 6.98 Å². The lowest BCUT2D eigenvalue weighted by Crippen LogP contribution is -2.68. The Labute approximate surface area is 199 Å². The second kappa shape index (κ2) is 9.76. The summed E-state index contributed by atoms with van der Waals surface area (Å²) in [6, 6.07) is 11.4. The molecule has 4 aliphatic carbocycles. The Morgan fingerprint density at radius 3 is 1.69 bits per heavy atom. The van der Waals surface area contributed by atoms with Gasteiger partial charge in [0.05, 0.1) is 5.54 Å². The van der Waals surface area contributed by atoms with Gasteiger partial charge in [-0.25, -0.2) is 0 Å². The summed E-state index contributed by atoms with van der Waals surface area (Å²) >= 11 is 0. The third-order valence-electron chi connectivity index (χ3n) is 9.06. The van der Waals surface area contributed by atoms with Gasteiger partial charge in [0.15, 0.2) is 0 Å². The van der Waals surface area contributed by atoms with Crippen LogP contribution in [0.5, 0.6) is 0 Å². The molecule has 0 unspecified atom stereocenters. The van der Waals surface area contributed by atoms with Crippen LogP contribution >= 0.6 is 0 Å². The van der Waals surface area contributed by atoms with Crippen molar-refractivity contribution < 1.29 is 0 Å². The normalized spacial score (nSPS) is 29.9. The second-order valence-corrected chi connectivity index (χ2v) is 15.8. The fourth-order valence-corrected chi connectivity index (χ4v) is 10.5. The van der Waals surface area contributed by atoms with Crippen LogP contribution < -0.4 is 5.19 Å². The van der Waals surface area contributed by atoms with E-state index < -0.39 is 8.07 Å². The molecule has 0 radical (unpaired) electrons. The van der Waals surface area contributed by atoms with Crippen molar-refractivity contribution in [3.63, 3.8) is 0 Å². The highest BCUT2D eigenvalue weighted by Gasteiger charge is 2.53. The molecule has 176 valence electrons. The molecule has 0 aliphatic heterocycles. The molecule has 1 aromatic carbocycles. The van der Waals surface area contributed by atoms with Gasteiger partial charge in [-0.1, -0.05) is 76.3 Å². The van der Waals surface area contributed by atoms with Crippen LogP contribution in [0, 0.1) is 17.8 Å². The van der Waals surface area contributed by atoms with Gasteiger partial charge in [-0.3, -0.25) is 4.99 Å². The van der Waals surface area contributed by atoms with E-state index in [0.717, 1.165) is 43.9 Å². The van der Waals surface area contributed by atoms with E-state index >= 15 is 0 Å². The maximum absolute atomic E-state index is 6.05. The first-order valence-corrected chi connectivity index (χ1v) is 16.5. The van der Waals surface area contributed by atoms with E-state index in [1.807, 2.05) is 0 Å². The largest absolute Gasteiger partial charge is 0.356 e. The van der Waals surface area contributed by atoms with Crippen LogP contribution in [-0.2, 0) is 0 Å². The summed E-state index contributed by atoms with van der Waals surface area (Å²) in [5, 5.41) is 3.09. The SMILES string of the molecule is CCN(CC)B(C(=NC12CC3CC(CC(C3)C1)C2)[Si](C)(C)c1ccccc1)N(CC)CC. The van der Waals surface area contributed by atoms with Crippen molar-refractivity contribution in [3.05, 3.63) is 30.3 Å². The Hall–Kier alpha value is -0.908. The number of nitrogens with zero attached hydrogens (tertiary/aromatic N) is 3. The van der Waals surface area contributed by atoms with E-state index in [0.29, 0.717) is 6.98 Å². The monoisotopic (exact) mass is 451 g/mol. The van der Waals surface area contributed by atoms with Gasteiger partial charge in [0.1, 0.15) is 8.07 Å². The van der Waals surface area contributed by atoms with Crippen LogP contribution in [0.15, 0.2) is 35.3 Å². The van der Waals surface area contributed by atoms with Crippen molar-refractivity contribution in [2.45, 2.75) is 84.9 Å². The summed E-state index contributed by atoms with van der Waals surface area (Å²) in [5.74, 6) is 2.81. The van der Waals surface area contributed by atoms with E-state index in [4.69, 9.17) is 4.99 Å². The molecule has 1 aromatic rings. The molecular weight excluding hydrogens is 405 g/mol. The molecule has 5 rings (SSSR count). The maximum Gasteiger partial charge on any atom is 0.356 e. The lowest BCUT2D eigenvalue weighted by Gasteiger charge is -2.56. The van der Waals surface area contributed by atoms with Crippen LogP contribution in [0.25, 0.3) is 0 Å². The lowest BCUT2D eigenvalue weighted by molar-refractivity contribution is 0.00185. The van der Waals surface area contributed by atoms with Gasteiger partial charge in [0, 0.05) is 5.23 Å². The Morgan fingerprint density at radius 1 is 0.844 bits per heavy atom. The second-order valence-electron chi connectivity index (χ2n) is 11.4. The molecule has 32 heavy (non-hydrogen) atoms. The first-order chi connectivity index (χ1) is 15.4. The smallest absolute Gasteiger partial charge is 0.324 e. The summed E-state index contributed by atoms with van der Waals surface area (Å²) in [6.45, 7) is 19.1. The average Bonchev–Trinajstić information content (AvgIpc) is 2.77. The minimum atomic E-state index is -1.95. The summed E-state index contributed by atoms with van der Waals surface area (Å²) in [6.07, 6.45) is 8.51. The number of hydrogen-bond acceptors (Lipinski definition) is 3. The fourth-order valence-electron chi connectivity index (χ4n) is 7.70. The first kappa shape index (κ1) is 24.2. The average molecular weight is 452 g/mol. The highest BCUT2D eigenvalue weighted by atomic mass is 28.3. The number of aliphatic imine (C=N–C) groups is 1. The molecule has 0 heterocycles. The first-order valence-electron chi connectivity index (χ1n) is 13.5. The van der Waals surface area contributed by atoms with E-state index in [9.17, 15) is 0 Å². The molecular formula is C27H46BN3Si. The molecule has 0 aromatic heterocycles. The van der Waals surface area contributed by atoms with Crippen molar-refractivity contribution in [1.82, 2.24) is 9.62 Å². The summed E-state index contributed by atoms with van der Waals surface area (Å²) in [7, 11) is -1.95. The van der Waals surface area contributed by atoms with Gasteiger partial charge in [-0.05, 0) is 82.5 Å². The van der Waals surface area contributed by atoms with Crippen molar-refractivity contribution >= 4 is 25.5 Å². The summed E-state index contributed by atoms with van der Waals surface area (Å²) in [4.78, 5) is 11.4. The molecule has 4 saturated carbocycles. The Balaban J connectivity index is 1.85. The standard InChI is InChI=1S/C27H46BN3Si/c1-7-30(8-2)28(31(9-3)10-4)26(32(5,6)25-14-12-11-13-15-25)29-27-19-22-16-23(20-27)18-24(17-22)21-27/h11-15,22-24H,7-10,16-21H2,1-6H3. The van der Waals surface area contributed by atoms with Gasteiger partial charge < -0.3 is 9.62 Å². The maximum atomic E-state index is 6.05. The Morgan fingerprint density at radius 2 is 1.28 bits per heavy atom. The number of hydrogen-bond donors (Lipinski definition) is 0. The summed E-state index contributed by atoms with van der Waals surface area (Å²) in [5.41, 5.74) is 0.224. The van der Waals surface area contributed by atoms with Crippen LogP contribution in [0.3, 0.4) is 0 Å². The predicted octanol–water partition coefficient (Wildman–Crippen LogP) is 5.26. The zero-order valence-corrected chi connectivity index (χ0v) is 22.6. The summed E-state index contributed by atoms with van der Waals surface area (Å²) < 4.78 is 0. The van der Waals surface area contributed by atoms with Gasteiger partial charge in [-0.15, -0.1) is 0 Å². The van der Waals surface area contributed by atoms with Crippen LogP contribution in [0.4, 0.5) is 0 Å². The van der Waals surface area contributed by atoms with E-state index in [-0.39, 0.29) is 5.54 Å². The van der Waals surface area contributed by atoms with E-state index in [2.05, 4.69) is 80.7 Å². The van der Waals surface area contributed by atoms with Crippen molar-refractivity contribution in [2.75, 3.05) is 26.2 Å². The van der Waals surface area contributed by atoms with Crippen LogP contribution in [0.1, 0.15) is 66.2 Å².